The summed E-state index contributed by atoms with van der Waals surface area (Å²) in [5, 5.41) is 3.10. The van der Waals surface area contributed by atoms with E-state index in [0.717, 1.165) is 98.2 Å². The standard InChI is InChI=1S/C32H36N6O4/c1-20-13-26(15-23-16-28(35-31(20)23)22-8-12-41-18-22)42-30-17-29(33-19-34-30)37-9-6-24(7-10-37)38-11-5-21-14-25(40-2)3-4-27(21)36-32(38)39/h3-4,13-15,17,19,22,24H,5-12,16,18H2,1-2H3,(H,36,39). The summed E-state index contributed by atoms with van der Waals surface area (Å²) < 4.78 is 17.2. The lowest BCUT2D eigenvalue weighted by molar-refractivity contribution is 0.177. The number of fused-ring (bicyclic) bond motifs is 2. The highest BCUT2D eigenvalue weighted by molar-refractivity contribution is 5.96. The molecule has 4 aliphatic heterocycles. The van der Waals surface area contributed by atoms with E-state index in [1.165, 1.54) is 11.3 Å². The molecule has 1 N–H and O–H groups in total. The Labute approximate surface area is 245 Å². The summed E-state index contributed by atoms with van der Waals surface area (Å²) in [6.45, 7) is 5.95. The molecule has 2 saturated heterocycles. The van der Waals surface area contributed by atoms with Crippen LogP contribution in [0.5, 0.6) is 17.4 Å². The topological polar surface area (TPSA) is 101 Å². The van der Waals surface area contributed by atoms with E-state index in [1.807, 2.05) is 35.2 Å². The molecule has 2 amide bonds. The zero-order valence-corrected chi connectivity index (χ0v) is 24.1. The van der Waals surface area contributed by atoms with Crippen molar-refractivity contribution in [3.05, 3.63) is 59.4 Å². The molecule has 1 unspecified atom stereocenters. The van der Waals surface area contributed by atoms with Gasteiger partial charge < -0.3 is 29.3 Å². The Kier molecular flexibility index (Phi) is 7.15. The smallest absolute Gasteiger partial charge is 0.322 e. The number of benzene rings is 2. The number of amides is 2. The Morgan fingerprint density at radius 1 is 1.00 bits per heavy atom. The van der Waals surface area contributed by atoms with Crippen LogP contribution in [0.15, 0.2) is 47.7 Å². The number of ether oxygens (including phenoxy) is 3. The number of urea groups is 1. The van der Waals surface area contributed by atoms with Gasteiger partial charge in [-0.1, -0.05) is 0 Å². The second kappa shape index (κ2) is 11.2. The van der Waals surface area contributed by atoms with E-state index >= 15 is 0 Å². The lowest BCUT2D eigenvalue weighted by atomic mass is 9.98. The zero-order chi connectivity index (χ0) is 28.6. The van der Waals surface area contributed by atoms with Crippen LogP contribution in [0.1, 0.15) is 36.0 Å². The molecule has 42 heavy (non-hydrogen) atoms. The summed E-state index contributed by atoms with van der Waals surface area (Å²) in [6.07, 6.45) is 5.98. The number of nitrogens with zero attached hydrogens (tertiary/aromatic N) is 5. The Balaban J connectivity index is 0.980. The van der Waals surface area contributed by atoms with Crippen molar-refractivity contribution in [2.24, 2.45) is 10.9 Å². The highest BCUT2D eigenvalue weighted by Crippen LogP contribution is 2.38. The molecule has 0 spiro atoms. The number of rotatable bonds is 6. The van der Waals surface area contributed by atoms with E-state index in [-0.39, 0.29) is 12.1 Å². The van der Waals surface area contributed by atoms with Crippen molar-refractivity contribution in [3.8, 4) is 17.4 Å². The molecule has 7 rings (SSSR count). The molecule has 2 fully saturated rings. The van der Waals surface area contributed by atoms with Crippen molar-refractivity contribution < 1.29 is 19.0 Å². The molecule has 0 aliphatic carbocycles. The van der Waals surface area contributed by atoms with Crippen LogP contribution in [0.3, 0.4) is 0 Å². The second-order valence-corrected chi connectivity index (χ2v) is 11.5. The van der Waals surface area contributed by atoms with Gasteiger partial charge in [0.15, 0.2) is 0 Å². The largest absolute Gasteiger partial charge is 0.497 e. The fourth-order valence-corrected chi connectivity index (χ4v) is 6.57. The molecule has 2 aromatic carbocycles. The fraction of sp³-hybridized carbons (Fsp3) is 0.438. The summed E-state index contributed by atoms with van der Waals surface area (Å²) in [5.74, 6) is 3.35. The fourth-order valence-electron chi connectivity index (χ4n) is 6.57. The van der Waals surface area contributed by atoms with Crippen LogP contribution in [0, 0.1) is 12.8 Å². The van der Waals surface area contributed by atoms with Crippen LogP contribution in [-0.4, -0.2) is 72.6 Å². The zero-order valence-electron chi connectivity index (χ0n) is 24.1. The van der Waals surface area contributed by atoms with Gasteiger partial charge in [-0.2, -0.15) is 0 Å². The first-order chi connectivity index (χ1) is 20.5. The third-order valence-corrected chi connectivity index (χ3v) is 8.90. The molecule has 10 nitrogen and oxygen atoms in total. The number of aryl methyl sites for hydroxylation is 1. The Morgan fingerprint density at radius 2 is 1.86 bits per heavy atom. The van der Waals surface area contributed by atoms with Crippen LogP contribution in [0.4, 0.5) is 22.0 Å². The summed E-state index contributed by atoms with van der Waals surface area (Å²) >= 11 is 0. The number of anilines is 2. The molecule has 1 aromatic heterocycles. The number of nitrogens with one attached hydrogen (secondary N) is 1. The minimum absolute atomic E-state index is 0.0335. The van der Waals surface area contributed by atoms with Gasteiger partial charge in [-0.25, -0.2) is 14.8 Å². The predicted octanol–water partition coefficient (Wildman–Crippen LogP) is 5.31. The Morgan fingerprint density at radius 3 is 2.67 bits per heavy atom. The molecule has 218 valence electrons. The third-order valence-electron chi connectivity index (χ3n) is 8.90. The van der Waals surface area contributed by atoms with Crippen molar-refractivity contribution in [3.63, 3.8) is 0 Å². The van der Waals surface area contributed by atoms with Crippen LogP contribution in [0.2, 0.25) is 0 Å². The van der Waals surface area contributed by atoms with Crippen LogP contribution < -0.4 is 19.7 Å². The van der Waals surface area contributed by atoms with Crippen LogP contribution >= 0.6 is 0 Å². The van der Waals surface area contributed by atoms with Gasteiger partial charge >= 0.3 is 6.03 Å². The lowest BCUT2D eigenvalue weighted by Crippen LogP contribution is -2.49. The monoisotopic (exact) mass is 568 g/mol. The molecule has 1 atom stereocenters. The first kappa shape index (κ1) is 26.7. The van der Waals surface area contributed by atoms with Crippen molar-refractivity contribution >= 4 is 28.9 Å². The average Bonchev–Trinajstić information content (AvgIpc) is 3.66. The SMILES string of the molecule is COc1ccc2c(c1)CCN(C1CCN(c3cc(Oc4cc(C)c5c(c4)CC(C4CCOC4)=N5)ncn3)CC1)C(=O)N2. The average molecular weight is 569 g/mol. The molecule has 3 aromatic rings. The molecule has 5 heterocycles. The highest BCUT2D eigenvalue weighted by Gasteiger charge is 2.31. The quantitative estimate of drug-likeness (QED) is 0.430. The van der Waals surface area contributed by atoms with Crippen LogP contribution in [0.25, 0.3) is 0 Å². The molecule has 0 saturated carbocycles. The number of aromatic nitrogens is 2. The van der Waals surface area contributed by atoms with E-state index in [0.29, 0.717) is 18.3 Å². The number of hydrogen-bond acceptors (Lipinski definition) is 8. The Bertz CT molecular complexity index is 1530. The third kappa shape index (κ3) is 5.27. The van der Waals surface area contributed by atoms with Crippen molar-refractivity contribution in [1.82, 2.24) is 14.9 Å². The van der Waals surface area contributed by atoms with Gasteiger partial charge in [0.2, 0.25) is 5.88 Å². The molecular formula is C32H36N6O4. The van der Waals surface area contributed by atoms with E-state index in [9.17, 15) is 4.79 Å². The normalized spacial score (nSPS) is 20.5. The van der Waals surface area contributed by atoms with E-state index in [4.69, 9.17) is 19.2 Å². The first-order valence-corrected chi connectivity index (χ1v) is 14.8. The molecule has 10 heteroatoms. The number of hydrogen-bond donors (Lipinski definition) is 1. The van der Waals surface area contributed by atoms with Gasteiger partial charge in [0.05, 0.1) is 19.4 Å². The number of aliphatic imine (C=N–C) groups is 1. The van der Waals surface area contributed by atoms with Crippen molar-refractivity contribution in [1.29, 1.82) is 0 Å². The first-order valence-electron chi connectivity index (χ1n) is 14.8. The van der Waals surface area contributed by atoms with E-state index in [2.05, 4.69) is 33.2 Å². The van der Waals surface area contributed by atoms with E-state index in [1.54, 1.807) is 13.4 Å². The van der Waals surface area contributed by atoms with Gasteiger partial charge in [-0.05, 0) is 79.6 Å². The van der Waals surface area contributed by atoms with Crippen molar-refractivity contribution in [2.75, 3.05) is 50.2 Å². The minimum Gasteiger partial charge on any atom is -0.497 e. The van der Waals surface area contributed by atoms with Crippen LogP contribution in [-0.2, 0) is 17.6 Å². The van der Waals surface area contributed by atoms with Gasteiger partial charge in [0, 0.05) is 62.1 Å². The summed E-state index contributed by atoms with van der Waals surface area (Å²) in [4.78, 5) is 31.2. The van der Waals surface area contributed by atoms with Gasteiger partial charge in [-0.3, -0.25) is 4.99 Å². The maximum Gasteiger partial charge on any atom is 0.322 e. The minimum atomic E-state index is -0.0335. The maximum absolute atomic E-state index is 13.1. The second-order valence-electron chi connectivity index (χ2n) is 11.5. The van der Waals surface area contributed by atoms with Gasteiger partial charge in [-0.15, -0.1) is 0 Å². The molecular weight excluding hydrogens is 532 g/mol. The van der Waals surface area contributed by atoms with Crippen molar-refractivity contribution in [2.45, 2.75) is 45.1 Å². The lowest BCUT2D eigenvalue weighted by Gasteiger charge is -2.38. The summed E-state index contributed by atoms with van der Waals surface area (Å²) in [6, 6.07) is 12.0. The summed E-state index contributed by atoms with van der Waals surface area (Å²) in [5.41, 5.74) is 6.56. The Hall–Kier alpha value is -4.18. The van der Waals surface area contributed by atoms with Gasteiger partial charge in [0.1, 0.15) is 23.6 Å². The number of carbonyl (C=O) groups excluding carboxylic acids is 1. The number of piperidine rings is 1. The summed E-state index contributed by atoms with van der Waals surface area (Å²) in [7, 11) is 1.66. The maximum atomic E-state index is 13.1. The molecule has 0 bridgehead atoms. The van der Waals surface area contributed by atoms with E-state index < -0.39 is 0 Å². The highest BCUT2D eigenvalue weighted by atomic mass is 16.5. The number of carbonyl (C=O) groups is 1. The predicted molar refractivity (Wildman–Crippen MR) is 161 cm³/mol. The molecule has 4 aliphatic rings. The molecule has 0 radical (unpaired) electrons. The number of methoxy groups -OCH3 is 1. The van der Waals surface area contributed by atoms with Gasteiger partial charge in [0.25, 0.3) is 0 Å².